The second kappa shape index (κ2) is 9.11. The Morgan fingerprint density at radius 2 is 1.55 bits per heavy atom. The van der Waals surface area contributed by atoms with Crippen LogP contribution in [-0.4, -0.2) is 60.8 Å². The Hall–Kier alpha value is -0.900. The van der Waals surface area contributed by atoms with Crippen LogP contribution in [0.2, 0.25) is 0 Å². The molecule has 0 amide bonds. The molecular formula is C17H28N2O. The number of rotatable bonds is 7. The summed E-state index contributed by atoms with van der Waals surface area (Å²) in [6.45, 7) is 6.97. The molecule has 3 nitrogen and oxygen atoms in total. The predicted octanol–water partition coefficient (Wildman–Crippen LogP) is 2.01. The summed E-state index contributed by atoms with van der Waals surface area (Å²) in [7, 11) is 0. The summed E-state index contributed by atoms with van der Waals surface area (Å²) in [5, 5.41) is 9.00. The minimum absolute atomic E-state index is 0.289. The summed E-state index contributed by atoms with van der Waals surface area (Å²) >= 11 is 0. The second-order valence-electron chi connectivity index (χ2n) is 5.70. The van der Waals surface area contributed by atoms with Crippen molar-refractivity contribution in [2.24, 2.45) is 0 Å². The Morgan fingerprint density at radius 1 is 0.850 bits per heavy atom. The molecule has 1 N–H and O–H groups in total. The van der Waals surface area contributed by atoms with Crippen molar-refractivity contribution in [3.63, 3.8) is 0 Å². The van der Waals surface area contributed by atoms with Gasteiger partial charge in [0.15, 0.2) is 0 Å². The van der Waals surface area contributed by atoms with Gasteiger partial charge in [-0.2, -0.15) is 0 Å². The Morgan fingerprint density at radius 3 is 2.25 bits per heavy atom. The lowest BCUT2D eigenvalue weighted by molar-refractivity contribution is 0.196. The SMILES string of the molecule is OCCN1CCCN(CCCCc2ccccc2)CC1. The Kier molecular flexibility index (Phi) is 7.06. The van der Waals surface area contributed by atoms with Crippen LogP contribution < -0.4 is 0 Å². The lowest BCUT2D eigenvalue weighted by Crippen LogP contribution is -2.32. The van der Waals surface area contributed by atoms with Crippen LogP contribution in [0, 0.1) is 0 Å². The molecule has 3 heteroatoms. The minimum atomic E-state index is 0.289. The summed E-state index contributed by atoms with van der Waals surface area (Å²) in [4.78, 5) is 4.96. The van der Waals surface area contributed by atoms with E-state index in [1.807, 2.05) is 0 Å². The summed E-state index contributed by atoms with van der Waals surface area (Å²) in [5.41, 5.74) is 1.46. The van der Waals surface area contributed by atoms with Crippen LogP contribution in [-0.2, 0) is 6.42 Å². The topological polar surface area (TPSA) is 26.7 Å². The molecule has 0 saturated carbocycles. The quantitative estimate of drug-likeness (QED) is 0.772. The largest absolute Gasteiger partial charge is 0.395 e. The summed E-state index contributed by atoms with van der Waals surface area (Å²) in [6, 6.07) is 10.8. The zero-order chi connectivity index (χ0) is 14.0. The highest BCUT2D eigenvalue weighted by Crippen LogP contribution is 2.07. The highest BCUT2D eigenvalue weighted by atomic mass is 16.3. The average Bonchev–Trinajstić information content (AvgIpc) is 2.71. The fourth-order valence-corrected chi connectivity index (χ4v) is 2.92. The van der Waals surface area contributed by atoms with E-state index in [0.717, 1.165) is 26.2 Å². The molecule has 1 heterocycles. The number of hydrogen-bond donors (Lipinski definition) is 1. The van der Waals surface area contributed by atoms with Gasteiger partial charge in [0.1, 0.15) is 0 Å². The van der Waals surface area contributed by atoms with Crippen molar-refractivity contribution in [2.75, 3.05) is 45.9 Å². The molecule has 0 atom stereocenters. The number of unbranched alkanes of at least 4 members (excludes halogenated alkanes) is 1. The van der Waals surface area contributed by atoms with Crippen LogP contribution in [0.5, 0.6) is 0 Å². The number of aliphatic hydroxyl groups excluding tert-OH is 1. The molecular weight excluding hydrogens is 248 g/mol. The van der Waals surface area contributed by atoms with Gasteiger partial charge in [-0.05, 0) is 50.9 Å². The first-order valence-corrected chi connectivity index (χ1v) is 7.98. The van der Waals surface area contributed by atoms with Crippen LogP contribution in [0.3, 0.4) is 0 Å². The summed E-state index contributed by atoms with van der Waals surface area (Å²) < 4.78 is 0. The third-order valence-electron chi connectivity index (χ3n) is 4.13. The van der Waals surface area contributed by atoms with E-state index in [2.05, 4.69) is 40.1 Å². The number of nitrogens with zero attached hydrogens (tertiary/aromatic N) is 2. The van der Waals surface area contributed by atoms with Crippen molar-refractivity contribution < 1.29 is 5.11 Å². The molecule has 0 radical (unpaired) electrons. The molecule has 0 spiro atoms. The standard InChI is InChI=1S/C17H28N2O/c20-16-15-19-12-6-11-18(13-14-19)10-5-4-9-17-7-2-1-3-8-17/h1-3,7-8,20H,4-6,9-16H2. The normalized spacial score (nSPS) is 18.1. The molecule has 1 aromatic rings. The van der Waals surface area contributed by atoms with Gasteiger partial charge in [0.05, 0.1) is 6.61 Å². The third-order valence-corrected chi connectivity index (χ3v) is 4.13. The Labute approximate surface area is 123 Å². The van der Waals surface area contributed by atoms with Gasteiger partial charge in [0.2, 0.25) is 0 Å². The molecule has 0 aromatic heterocycles. The maximum Gasteiger partial charge on any atom is 0.0558 e. The average molecular weight is 276 g/mol. The maximum absolute atomic E-state index is 9.00. The van der Waals surface area contributed by atoms with Crippen molar-refractivity contribution in [1.82, 2.24) is 9.80 Å². The number of aryl methyl sites for hydroxylation is 1. The van der Waals surface area contributed by atoms with Gasteiger partial charge in [-0.1, -0.05) is 30.3 Å². The summed E-state index contributed by atoms with van der Waals surface area (Å²) in [6.07, 6.45) is 5.00. The fourth-order valence-electron chi connectivity index (χ4n) is 2.92. The number of hydrogen-bond acceptors (Lipinski definition) is 3. The predicted molar refractivity (Wildman–Crippen MR) is 84.0 cm³/mol. The van der Waals surface area contributed by atoms with Crippen molar-refractivity contribution >= 4 is 0 Å². The minimum Gasteiger partial charge on any atom is -0.395 e. The van der Waals surface area contributed by atoms with E-state index in [9.17, 15) is 0 Å². The van der Waals surface area contributed by atoms with Crippen LogP contribution in [0.15, 0.2) is 30.3 Å². The smallest absolute Gasteiger partial charge is 0.0558 e. The highest BCUT2D eigenvalue weighted by Gasteiger charge is 2.13. The van der Waals surface area contributed by atoms with E-state index >= 15 is 0 Å². The molecule has 1 saturated heterocycles. The van der Waals surface area contributed by atoms with Crippen molar-refractivity contribution in [2.45, 2.75) is 25.7 Å². The Bertz CT molecular complexity index is 355. The van der Waals surface area contributed by atoms with Gasteiger partial charge in [-0.25, -0.2) is 0 Å². The molecule has 20 heavy (non-hydrogen) atoms. The molecule has 0 aliphatic carbocycles. The summed E-state index contributed by atoms with van der Waals surface area (Å²) in [5.74, 6) is 0. The third kappa shape index (κ3) is 5.61. The number of β-amino-alcohol motifs (C(OH)–C–C–N with tert-alkyl or cyclic N) is 1. The highest BCUT2D eigenvalue weighted by molar-refractivity contribution is 5.14. The van der Waals surface area contributed by atoms with Gasteiger partial charge in [0, 0.05) is 19.6 Å². The molecule has 1 fully saturated rings. The van der Waals surface area contributed by atoms with Gasteiger partial charge in [-0.15, -0.1) is 0 Å². The van der Waals surface area contributed by atoms with Crippen LogP contribution in [0.1, 0.15) is 24.8 Å². The van der Waals surface area contributed by atoms with Crippen molar-refractivity contribution in [3.8, 4) is 0 Å². The monoisotopic (exact) mass is 276 g/mol. The second-order valence-corrected chi connectivity index (χ2v) is 5.70. The lowest BCUT2D eigenvalue weighted by Gasteiger charge is -2.21. The van der Waals surface area contributed by atoms with Crippen molar-refractivity contribution in [3.05, 3.63) is 35.9 Å². The van der Waals surface area contributed by atoms with Gasteiger partial charge >= 0.3 is 0 Å². The van der Waals surface area contributed by atoms with E-state index in [1.165, 1.54) is 44.3 Å². The molecule has 1 aromatic carbocycles. The molecule has 0 bridgehead atoms. The zero-order valence-corrected chi connectivity index (χ0v) is 12.5. The molecule has 112 valence electrons. The van der Waals surface area contributed by atoms with E-state index in [0.29, 0.717) is 0 Å². The fraction of sp³-hybridized carbons (Fsp3) is 0.647. The van der Waals surface area contributed by atoms with E-state index in [1.54, 1.807) is 0 Å². The number of aliphatic hydroxyl groups is 1. The van der Waals surface area contributed by atoms with E-state index in [4.69, 9.17) is 5.11 Å². The molecule has 1 aliphatic heterocycles. The van der Waals surface area contributed by atoms with Gasteiger partial charge in [0.25, 0.3) is 0 Å². The molecule has 2 rings (SSSR count). The van der Waals surface area contributed by atoms with Crippen LogP contribution in [0.25, 0.3) is 0 Å². The zero-order valence-electron chi connectivity index (χ0n) is 12.5. The molecule has 0 unspecified atom stereocenters. The van der Waals surface area contributed by atoms with Gasteiger partial charge < -0.3 is 10.0 Å². The molecule has 1 aliphatic rings. The first-order chi connectivity index (χ1) is 9.88. The maximum atomic E-state index is 9.00. The first-order valence-electron chi connectivity index (χ1n) is 7.98. The first kappa shape index (κ1) is 15.5. The van der Waals surface area contributed by atoms with Crippen LogP contribution >= 0.6 is 0 Å². The lowest BCUT2D eigenvalue weighted by atomic mass is 10.1. The van der Waals surface area contributed by atoms with E-state index < -0.39 is 0 Å². The van der Waals surface area contributed by atoms with E-state index in [-0.39, 0.29) is 6.61 Å². The van der Waals surface area contributed by atoms with Crippen molar-refractivity contribution in [1.29, 1.82) is 0 Å². The Balaban J connectivity index is 1.60. The van der Waals surface area contributed by atoms with Crippen LogP contribution in [0.4, 0.5) is 0 Å². The van der Waals surface area contributed by atoms with Gasteiger partial charge in [-0.3, -0.25) is 4.90 Å². The number of benzene rings is 1.